The predicted molar refractivity (Wildman–Crippen MR) is 61.6 cm³/mol. The Labute approximate surface area is 94.2 Å². The van der Waals surface area contributed by atoms with Crippen molar-refractivity contribution in [3.63, 3.8) is 0 Å². The number of carboxylic acid groups (broad SMARTS) is 1. The molecule has 0 saturated carbocycles. The molecular formula is C11H17NO2S. The highest BCUT2D eigenvalue weighted by Crippen LogP contribution is 2.32. The smallest absolute Gasteiger partial charge is 0.311 e. The first-order valence-electron chi connectivity index (χ1n) is 5.17. The van der Waals surface area contributed by atoms with Crippen LogP contribution in [0, 0.1) is 6.92 Å². The van der Waals surface area contributed by atoms with E-state index in [0.29, 0.717) is 12.3 Å². The van der Waals surface area contributed by atoms with Crippen molar-refractivity contribution >= 4 is 17.3 Å². The number of thiazole rings is 1. The number of aliphatic carboxylic acids is 1. The number of hydrogen-bond acceptors (Lipinski definition) is 3. The van der Waals surface area contributed by atoms with Gasteiger partial charge in [-0.15, -0.1) is 11.3 Å². The van der Waals surface area contributed by atoms with Crippen molar-refractivity contribution in [2.24, 2.45) is 0 Å². The van der Waals surface area contributed by atoms with Gasteiger partial charge in [0.1, 0.15) is 0 Å². The first kappa shape index (κ1) is 12.2. The number of hydrogen-bond donors (Lipinski definition) is 1. The van der Waals surface area contributed by atoms with Crippen LogP contribution in [0.5, 0.6) is 0 Å². The number of carbonyl (C=O) groups is 1. The van der Waals surface area contributed by atoms with Crippen LogP contribution in [-0.4, -0.2) is 16.1 Å². The number of aromatic nitrogens is 1. The zero-order chi connectivity index (χ0) is 11.6. The Morgan fingerprint density at radius 2 is 2.13 bits per heavy atom. The molecule has 15 heavy (non-hydrogen) atoms. The third-order valence-electron chi connectivity index (χ3n) is 2.37. The third-order valence-corrected chi connectivity index (χ3v) is 3.94. The Morgan fingerprint density at radius 1 is 1.53 bits per heavy atom. The van der Waals surface area contributed by atoms with Crippen LogP contribution in [0.15, 0.2) is 0 Å². The fourth-order valence-corrected chi connectivity index (χ4v) is 2.72. The largest absolute Gasteiger partial charge is 0.481 e. The highest BCUT2D eigenvalue weighted by atomic mass is 32.1. The fourth-order valence-electron chi connectivity index (χ4n) is 1.47. The quantitative estimate of drug-likeness (QED) is 0.859. The van der Waals surface area contributed by atoms with Crippen molar-refractivity contribution < 1.29 is 9.90 Å². The van der Waals surface area contributed by atoms with Crippen LogP contribution in [0.3, 0.4) is 0 Å². The number of nitrogens with zero attached hydrogens (tertiary/aromatic N) is 1. The van der Waals surface area contributed by atoms with Gasteiger partial charge in [0, 0.05) is 10.8 Å². The van der Waals surface area contributed by atoms with Crippen molar-refractivity contribution in [2.45, 2.75) is 46.0 Å². The normalized spacial score (nSPS) is 13.1. The maximum absolute atomic E-state index is 11.0. The van der Waals surface area contributed by atoms with Gasteiger partial charge < -0.3 is 5.11 Å². The van der Waals surface area contributed by atoms with Crippen molar-refractivity contribution in [1.29, 1.82) is 0 Å². The van der Waals surface area contributed by atoms with E-state index < -0.39 is 11.9 Å². The summed E-state index contributed by atoms with van der Waals surface area (Å²) in [5.74, 6) is -0.775. The second kappa shape index (κ2) is 4.75. The van der Waals surface area contributed by atoms with Gasteiger partial charge in [-0.05, 0) is 13.3 Å². The maximum atomic E-state index is 11.0. The van der Waals surface area contributed by atoms with E-state index in [1.54, 1.807) is 0 Å². The molecule has 1 aromatic rings. The molecule has 0 saturated heterocycles. The van der Waals surface area contributed by atoms with Crippen molar-refractivity contribution in [3.8, 4) is 0 Å². The fraction of sp³-hybridized carbons (Fsp3) is 0.636. The van der Waals surface area contributed by atoms with Gasteiger partial charge >= 0.3 is 5.97 Å². The zero-order valence-electron chi connectivity index (χ0n) is 9.57. The molecule has 1 unspecified atom stereocenters. The zero-order valence-corrected chi connectivity index (χ0v) is 10.4. The molecule has 0 aliphatic heterocycles. The molecule has 0 aromatic carbocycles. The van der Waals surface area contributed by atoms with Crippen LogP contribution in [0.25, 0.3) is 0 Å². The van der Waals surface area contributed by atoms with E-state index in [2.05, 4.69) is 18.8 Å². The molecule has 0 amide bonds. The second-order valence-electron chi connectivity index (χ2n) is 3.96. The Hall–Kier alpha value is -0.900. The van der Waals surface area contributed by atoms with Gasteiger partial charge in [-0.1, -0.05) is 20.8 Å². The van der Waals surface area contributed by atoms with E-state index in [0.717, 1.165) is 15.6 Å². The molecular weight excluding hydrogens is 210 g/mol. The summed E-state index contributed by atoms with van der Waals surface area (Å²) < 4.78 is 0. The maximum Gasteiger partial charge on any atom is 0.311 e. The van der Waals surface area contributed by atoms with Crippen LogP contribution in [0.2, 0.25) is 0 Å². The average Bonchev–Trinajstić information content (AvgIpc) is 2.49. The number of rotatable bonds is 4. The van der Waals surface area contributed by atoms with Crippen molar-refractivity contribution in [2.75, 3.05) is 0 Å². The minimum atomic E-state index is -0.750. The van der Waals surface area contributed by atoms with Gasteiger partial charge in [0.15, 0.2) is 0 Å². The summed E-state index contributed by atoms with van der Waals surface area (Å²) in [5, 5.41) is 10.1. The Morgan fingerprint density at radius 3 is 2.47 bits per heavy atom. The van der Waals surface area contributed by atoms with Gasteiger partial charge in [-0.2, -0.15) is 0 Å². The summed E-state index contributed by atoms with van der Waals surface area (Å²) in [6.45, 7) is 7.93. The molecule has 1 atom stereocenters. The lowest BCUT2D eigenvalue weighted by molar-refractivity contribution is -0.138. The average molecular weight is 227 g/mol. The molecule has 1 rings (SSSR count). The van der Waals surface area contributed by atoms with Gasteiger partial charge in [-0.25, -0.2) is 4.98 Å². The highest BCUT2D eigenvalue weighted by molar-refractivity contribution is 7.12. The monoisotopic (exact) mass is 227 g/mol. The van der Waals surface area contributed by atoms with Gasteiger partial charge in [0.25, 0.3) is 0 Å². The first-order valence-corrected chi connectivity index (χ1v) is 5.99. The summed E-state index contributed by atoms with van der Waals surface area (Å²) in [5.41, 5.74) is 0.873. The predicted octanol–water partition coefficient (Wildman–Crippen LogP) is 3.15. The molecule has 0 spiro atoms. The number of aryl methyl sites for hydroxylation is 1. The first-order chi connectivity index (χ1) is 6.97. The van der Waals surface area contributed by atoms with E-state index >= 15 is 0 Å². The van der Waals surface area contributed by atoms with Crippen LogP contribution in [0.4, 0.5) is 0 Å². The molecule has 3 nitrogen and oxygen atoms in total. The summed E-state index contributed by atoms with van der Waals surface area (Å²) in [6, 6.07) is 0. The minimum Gasteiger partial charge on any atom is -0.481 e. The lowest BCUT2D eigenvalue weighted by atomic mass is 10.0. The summed E-state index contributed by atoms with van der Waals surface area (Å²) in [4.78, 5) is 16.4. The lowest BCUT2D eigenvalue weighted by Gasteiger charge is -2.07. The van der Waals surface area contributed by atoms with E-state index in [1.807, 2.05) is 13.8 Å². The van der Waals surface area contributed by atoms with E-state index in [9.17, 15) is 4.79 Å². The Balaban J connectivity index is 3.07. The van der Waals surface area contributed by atoms with Crippen molar-refractivity contribution in [3.05, 3.63) is 15.6 Å². The molecule has 0 radical (unpaired) electrons. The van der Waals surface area contributed by atoms with Crippen LogP contribution < -0.4 is 0 Å². The standard InChI is InChI=1S/C11H17NO2S/c1-5-8(11(13)14)9-7(4)12-10(15-9)6(2)3/h6,8H,5H2,1-4H3,(H,13,14). The summed E-state index contributed by atoms with van der Waals surface area (Å²) in [7, 11) is 0. The molecule has 0 bridgehead atoms. The van der Waals surface area contributed by atoms with Gasteiger partial charge in [0.05, 0.1) is 16.6 Å². The molecule has 0 fully saturated rings. The molecule has 84 valence electrons. The van der Waals surface area contributed by atoms with Crippen LogP contribution >= 0.6 is 11.3 Å². The third kappa shape index (κ3) is 2.56. The molecule has 1 N–H and O–H groups in total. The Kier molecular flexibility index (Phi) is 3.85. The number of carboxylic acids is 1. The van der Waals surface area contributed by atoms with Crippen LogP contribution in [-0.2, 0) is 4.79 Å². The lowest BCUT2D eigenvalue weighted by Crippen LogP contribution is -2.09. The molecule has 4 heteroatoms. The summed E-state index contributed by atoms with van der Waals surface area (Å²) >= 11 is 1.54. The topological polar surface area (TPSA) is 50.2 Å². The highest BCUT2D eigenvalue weighted by Gasteiger charge is 2.23. The molecule has 1 heterocycles. The van der Waals surface area contributed by atoms with Crippen molar-refractivity contribution in [1.82, 2.24) is 4.98 Å². The molecule has 0 aliphatic carbocycles. The van der Waals surface area contributed by atoms with E-state index in [-0.39, 0.29) is 0 Å². The molecule has 1 aromatic heterocycles. The minimum absolute atomic E-state index is 0.369. The summed E-state index contributed by atoms with van der Waals surface area (Å²) in [6.07, 6.45) is 0.621. The van der Waals surface area contributed by atoms with Crippen LogP contribution in [0.1, 0.15) is 54.6 Å². The Bertz CT molecular complexity index is 357. The second-order valence-corrected chi connectivity index (χ2v) is 5.02. The van der Waals surface area contributed by atoms with E-state index in [1.165, 1.54) is 11.3 Å². The van der Waals surface area contributed by atoms with Gasteiger partial charge in [0.2, 0.25) is 0 Å². The van der Waals surface area contributed by atoms with Gasteiger partial charge in [-0.3, -0.25) is 4.79 Å². The van der Waals surface area contributed by atoms with E-state index in [4.69, 9.17) is 5.11 Å². The molecule has 0 aliphatic rings. The SMILES string of the molecule is CCC(C(=O)O)c1sc(C(C)C)nc1C.